The predicted octanol–water partition coefficient (Wildman–Crippen LogP) is 2.61. The minimum atomic E-state index is -4.12. The number of amides is 1. The van der Waals surface area contributed by atoms with E-state index in [1.54, 1.807) is 43.7 Å². The van der Waals surface area contributed by atoms with E-state index in [0.29, 0.717) is 32.5 Å². The van der Waals surface area contributed by atoms with Crippen molar-refractivity contribution in [1.82, 2.24) is 18.8 Å². The van der Waals surface area contributed by atoms with Gasteiger partial charge in [0.1, 0.15) is 17.4 Å². The zero-order valence-electron chi connectivity index (χ0n) is 17.6. The molecule has 0 saturated carbocycles. The highest BCUT2D eigenvalue weighted by Gasteiger charge is 2.20. The molecule has 0 aliphatic heterocycles. The van der Waals surface area contributed by atoms with E-state index >= 15 is 0 Å². The third-order valence-corrected chi connectivity index (χ3v) is 7.41. The normalized spacial score (nSPS) is 11.6. The van der Waals surface area contributed by atoms with Gasteiger partial charge in [0, 0.05) is 24.5 Å². The number of thiazole rings is 1. The van der Waals surface area contributed by atoms with E-state index in [1.807, 2.05) is 0 Å². The maximum atomic E-state index is 12.7. The number of benzene rings is 2. The van der Waals surface area contributed by atoms with Gasteiger partial charge in [-0.1, -0.05) is 11.6 Å². The van der Waals surface area contributed by atoms with Crippen molar-refractivity contribution in [2.45, 2.75) is 17.9 Å². The summed E-state index contributed by atoms with van der Waals surface area (Å²) in [6.07, 6.45) is -0.206. The molecule has 12 heteroatoms. The number of fused-ring (bicyclic) bond motifs is 1. The second kappa shape index (κ2) is 9.00. The van der Waals surface area contributed by atoms with Crippen molar-refractivity contribution in [2.75, 3.05) is 0 Å². The number of rotatable bonds is 7. The number of nitrogens with zero attached hydrogens (tertiary/aromatic N) is 3. The van der Waals surface area contributed by atoms with Crippen LogP contribution in [0.5, 0.6) is 5.75 Å². The van der Waals surface area contributed by atoms with Crippen molar-refractivity contribution >= 4 is 49.9 Å². The monoisotopic (exact) mass is 506 g/mol. The Labute approximate surface area is 198 Å². The van der Waals surface area contributed by atoms with Gasteiger partial charge in [0.2, 0.25) is 5.91 Å². The molecular weight excluding hydrogens is 488 g/mol. The van der Waals surface area contributed by atoms with Crippen LogP contribution in [0.15, 0.2) is 57.5 Å². The van der Waals surface area contributed by atoms with Gasteiger partial charge in [-0.3, -0.25) is 13.9 Å². The fraction of sp³-hybridized carbons (Fsp3) is 0.190. The maximum Gasteiger partial charge on any atom is 0.328 e. The van der Waals surface area contributed by atoms with Gasteiger partial charge >= 0.3 is 5.69 Å². The average molecular weight is 507 g/mol. The van der Waals surface area contributed by atoms with E-state index in [1.165, 1.54) is 38.7 Å². The van der Waals surface area contributed by atoms with Gasteiger partial charge in [-0.25, -0.2) is 22.9 Å². The van der Waals surface area contributed by atoms with E-state index in [9.17, 15) is 18.0 Å². The van der Waals surface area contributed by atoms with Crippen molar-refractivity contribution in [3.63, 3.8) is 0 Å². The van der Waals surface area contributed by atoms with Crippen LogP contribution in [-0.4, -0.2) is 28.4 Å². The van der Waals surface area contributed by atoms with Gasteiger partial charge in [0.15, 0.2) is 0 Å². The van der Waals surface area contributed by atoms with Crippen LogP contribution < -0.4 is 15.1 Å². The van der Waals surface area contributed by atoms with E-state index in [4.69, 9.17) is 16.3 Å². The molecule has 0 aliphatic rings. The Hall–Kier alpha value is -3.15. The molecule has 4 rings (SSSR count). The lowest BCUT2D eigenvalue weighted by Gasteiger charge is -2.07. The Balaban J connectivity index is 1.41. The molecule has 33 heavy (non-hydrogen) atoms. The van der Waals surface area contributed by atoms with Crippen LogP contribution >= 0.6 is 22.9 Å². The summed E-state index contributed by atoms with van der Waals surface area (Å²) in [5.41, 5.74) is 1.19. The van der Waals surface area contributed by atoms with Crippen molar-refractivity contribution < 1.29 is 17.9 Å². The first-order valence-corrected chi connectivity index (χ1v) is 12.4. The molecule has 0 bridgehead atoms. The first kappa shape index (κ1) is 23.0. The Bertz CT molecular complexity index is 1500. The number of sulfonamides is 1. The van der Waals surface area contributed by atoms with E-state index in [-0.39, 0.29) is 23.6 Å². The highest BCUT2D eigenvalue weighted by atomic mass is 35.5. The summed E-state index contributed by atoms with van der Waals surface area (Å²) in [6, 6.07) is 11.1. The van der Waals surface area contributed by atoms with Gasteiger partial charge in [-0.2, -0.15) is 0 Å². The summed E-state index contributed by atoms with van der Waals surface area (Å²) in [7, 11) is -0.966. The van der Waals surface area contributed by atoms with Crippen LogP contribution in [0.3, 0.4) is 0 Å². The second-order valence-corrected chi connectivity index (χ2v) is 10.3. The van der Waals surface area contributed by atoms with Gasteiger partial charge in [-0.05, 0) is 42.5 Å². The lowest BCUT2D eigenvalue weighted by atomic mass is 10.3. The third-order valence-electron chi connectivity index (χ3n) is 4.92. The minimum absolute atomic E-state index is 0.111. The Morgan fingerprint density at radius 1 is 1.12 bits per heavy atom. The van der Waals surface area contributed by atoms with Crippen LogP contribution in [0, 0.1) is 0 Å². The highest BCUT2D eigenvalue weighted by Crippen LogP contribution is 2.20. The van der Waals surface area contributed by atoms with Gasteiger partial charge in [0.05, 0.1) is 28.0 Å². The number of ether oxygens (including phenoxy) is 1. The molecule has 0 atom stereocenters. The molecule has 0 radical (unpaired) electrons. The zero-order chi connectivity index (χ0) is 23.8. The lowest BCUT2D eigenvalue weighted by molar-refractivity contribution is -0.118. The fourth-order valence-electron chi connectivity index (χ4n) is 3.24. The molecule has 9 nitrogen and oxygen atoms in total. The third kappa shape index (κ3) is 4.95. The number of imidazole rings is 1. The number of carbonyl (C=O) groups is 1. The van der Waals surface area contributed by atoms with Crippen molar-refractivity contribution in [1.29, 1.82) is 0 Å². The number of aromatic nitrogens is 3. The lowest BCUT2D eigenvalue weighted by Crippen LogP contribution is -2.31. The molecule has 0 saturated heterocycles. The van der Waals surface area contributed by atoms with Crippen LogP contribution in [0.2, 0.25) is 5.02 Å². The number of nitrogens with one attached hydrogen (secondary N) is 1. The summed E-state index contributed by atoms with van der Waals surface area (Å²) in [5, 5.41) is 2.93. The Morgan fingerprint density at radius 2 is 1.82 bits per heavy atom. The van der Waals surface area contributed by atoms with Gasteiger partial charge in [-0.15, -0.1) is 11.3 Å². The first-order chi connectivity index (χ1) is 15.6. The van der Waals surface area contributed by atoms with Crippen LogP contribution in [0.1, 0.15) is 10.7 Å². The maximum absolute atomic E-state index is 12.7. The van der Waals surface area contributed by atoms with E-state index in [2.05, 4.69) is 9.71 Å². The second-order valence-electron chi connectivity index (χ2n) is 7.23. The van der Waals surface area contributed by atoms with Crippen molar-refractivity contribution in [3.05, 3.63) is 74.1 Å². The number of halogens is 1. The number of aryl methyl sites for hydroxylation is 2. The zero-order valence-corrected chi connectivity index (χ0v) is 20.0. The SMILES string of the molecule is Cn1c(=O)n(C)c2cc(S(=O)(=O)NC(=O)Cc3csc(COc4ccc(Cl)cc4)n3)ccc21. The molecule has 4 aromatic rings. The standard InChI is InChI=1S/C21H19ClN4O5S2/c1-25-17-8-7-16(10-18(17)26(2)21(25)28)33(29,30)24-19(27)9-14-12-32-20(23-14)11-31-15-5-3-13(22)4-6-15/h3-8,10,12H,9,11H2,1-2H3,(H,24,27). The fourth-order valence-corrected chi connectivity index (χ4v) is 5.07. The smallest absolute Gasteiger partial charge is 0.328 e. The molecule has 1 amide bonds. The molecule has 0 aliphatic carbocycles. The van der Waals surface area contributed by atoms with Crippen LogP contribution in [0.4, 0.5) is 0 Å². The quantitative estimate of drug-likeness (QED) is 0.412. The number of hydrogen-bond donors (Lipinski definition) is 1. The average Bonchev–Trinajstić information content (AvgIpc) is 3.31. The van der Waals surface area contributed by atoms with Gasteiger partial charge < -0.3 is 4.74 Å². The Kier molecular flexibility index (Phi) is 6.28. The van der Waals surface area contributed by atoms with Gasteiger partial charge in [0.25, 0.3) is 10.0 Å². The molecule has 2 aromatic heterocycles. The van der Waals surface area contributed by atoms with E-state index < -0.39 is 15.9 Å². The molecule has 172 valence electrons. The molecule has 0 spiro atoms. The largest absolute Gasteiger partial charge is 0.486 e. The summed E-state index contributed by atoms with van der Waals surface area (Å²) < 4.78 is 35.8. The summed E-state index contributed by atoms with van der Waals surface area (Å²) in [4.78, 5) is 28.7. The van der Waals surface area contributed by atoms with E-state index in [0.717, 1.165) is 0 Å². The molecule has 2 aromatic carbocycles. The molecule has 0 unspecified atom stereocenters. The Morgan fingerprint density at radius 3 is 2.55 bits per heavy atom. The summed E-state index contributed by atoms with van der Waals surface area (Å²) in [5.74, 6) is -0.0830. The van der Waals surface area contributed by atoms with Crippen molar-refractivity contribution in [2.24, 2.45) is 14.1 Å². The molecular formula is C21H19ClN4O5S2. The molecule has 1 N–H and O–H groups in total. The van der Waals surface area contributed by atoms with Crippen molar-refractivity contribution in [3.8, 4) is 5.75 Å². The van der Waals surface area contributed by atoms with Crippen LogP contribution in [0.25, 0.3) is 11.0 Å². The predicted molar refractivity (Wildman–Crippen MR) is 125 cm³/mol. The topological polar surface area (TPSA) is 112 Å². The highest BCUT2D eigenvalue weighted by molar-refractivity contribution is 7.90. The van der Waals surface area contributed by atoms with Crippen LogP contribution in [-0.2, 0) is 41.9 Å². The first-order valence-electron chi connectivity index (χ1n) is 9.67. The molecule has 2 heterocycles. The number of hydrogen-bond acceptors (Lipinski definition) is 7. The summed E-state index contributed by atoms with van der Waals surface area (Å²) >= 11 is 7.15. The molecule has 0 fully saturated rings. The summed E-state index contributed by atoms with van der Waals surface area (Å²) in [6.45, 7) is 0.210. The minimum Gasteiger partial charge on any atom is -0.486 e. The number of carbonyl (C=O) groups excluding carboxylic acids is 1.